The molecule has 0 saturated carbocycles. The Morgan fingerprint density at radius 2 is 1.68 bits per heavy atom. The van der Waals surface area contributed by atoms with E-state index in [2.05, 4.69) is 26.0 Å². The minimum Gasteiger partial charge on any atom is -0.465 e. The maximum atomic E-state index is 12.1. The number of ether oxygens (including phenoxy) is 1. The molecule has 0 fully saturated rings. The third-order valence-corrected chi connectivity index (χ3v) is 3.46. The number of anilines is 1. The van der Waals surface area contributed by atoms with Gasteiger partial charge in [0.05, 0.1) is 17.2 Å². The van der Waals surface area contributed by atoms with Crippen LogP contribution in [0.5, 0.6) is 0 Å². The summed E-state index contributed by atoms with van der Waals surface area (Å²) in [5, 5.41) is 2.74. The van der Waals surface area contributed by atoms with Crippen molar-refractivity contribution in [3.63, 3.8) is 0 Å². The van der Waals surface area contributed by atoms with Gasteiger partial charge in [0, 0.05) is 5.69 Å². The van der Waals surface area contributed by atoms with Gasteiger partial charge in [0.2, 0.25) is 0 Å². The number of nitrogens with one attached hydrogen (secondary N) is 1. The molecule has 0 aliphatic rings. The molecule has 1 amide bonds. The Hall–Kier alpha value is -2.40. The van der Waals surface area contributed by atoms with Crippen LogP contribution in [0.4, 0.5) is 5.69 Å². The highest BCUT2D eigenvalue weighted by molar-refractivity contribution is 9.12. The maximum Gasteiger partial charge on any atom is 0.337 e. The minimum atomic E-state index is -0.414. The molecule has 0 aliphatic carbocycles. The van der Waals surface area contributed by atoms with E-state index in [1.165, 1.54) is 7.11 Å². The van der Waals surface area contributed by atoms with Crippen LogP contribution in [0.2, 0.25) is 0 Å². The molecule has 0 spiro atoms. The van der Waals surface area contributed by atoms with Gasteiger partial charge < -0.3 is 10.1 Å². The Balaban J connectivity index is 2.05. The average molecular weight is 360 g/mol. The van der Waals surface area contributed by atoms with Crippen molar-refractivity contribution >= 4 is 39.6 Å². The van der Waals surface area contributed by atoms with Crippen LogP contribution in [-0.4, -0.2) is 19.0 Å². The fourth-order valence-corrected chi connectivity index (χ4v) is 2.12. The van der Waals surface area contributed by atoms with Crippen molar-refractivity contribution in [2.24, 2.45) is 0 Å². The van der Waals surface area contributed by atoms with Crippen LogP contribution >= 0.6 is 15.9 Å². The molecule has 4 nitrogen and oxygen atoms in total. The van der Waals surface area contributed by atoms with E-state index in [0.717, 1.165) is 5.56 Å². The number of benzene rings is 2. The fraction of sp³-hybridized carbons (Fsp3) is 0.0588. The first-order chi connectivity index (χ1) is 10.6. The van der Waals surface area contributed by atoms with Gasteiger partial charge in [0.1, 0.15) is 0 Å². The molecule has 0 bridgehead atoms. The van der Waals surface area contributed by atoms with E-state index in [0.29, 0.717) is 15.7 Å². The molecule has 0 saturated heterocycles. The first-order valence-electron chi connectivity index (χ1n) is 6.52. The Kier molecular flexibility index (Phi) is 5.49. The lowest BCUT2D eigenvalue weighted by atomic mass is 10.2. The van der Waals surface area contributed by atoms with Crippen molar-refractivity contribution in [3.8, 4) is 0 Å². The summed E-state index contributed by atoms with van der Waals surface area (Å²) in [6.45, 7) is 0. The average Bonchev–Trinajstić information content (AvgIpc) is 2.55. The van der Waals surface area contributed by atoms with E-state index in [4.69, 9.17) is 0 Å². The number of amides is 1. The molecule has 1 N–H and O–H groups in total. The number of hydrogen-bond acceptors (Lipinski definition) is 3. The SMILES string of the molecule is COC(=O)c1ccc(NC(=O)C(Br)=Cc2ccccc2)cc1. The number of methoxy groups -OCH3 is 1. The Labute approximate surface area is 136 Å². The normalized spacial score (nSPS) is 10.9. The zero-order valence-corrected chi connectivity index (χ0v) is 13.5. The third-order valence-electron chi connectivity index (χ3n) is 2.87. The van der Waals surface area contributed by atoms with E-state index >= 15 is 0 Å². The molecule has 2 aromatic carbocycles. The molecule has 112 valence electrons. The maximum absolute atomic E-state index is 12.1. The van der Waals surface area contributed by atoms with Crippen LogP contribution in [0.15, 0.2) is 59.1 Å². The van der Waals surface area contributed by atoms with Crippen LogP contribution < -0.4 is 5.32 Å². The van der Waals surface area contributed by atoms with Gasteiger partial charge in [-0.15, -0.1) is 0 Å². The molecular weight excluding hydrogens is 346 g/mol. The van der Waals surface area contributed by atoms with E-state index in [1.54, 1.807) is 30.3 Å². The zero-order chi connectivity index (χ0) is 15.9. The zero-order valence-electron chi connectivity index (χ0n) is 11.9. The Bertz CT molecular complexity index is 694. The van der Waals surface area contributed by atoms with Crippen LogP contribution in [-0.2, 0) is 9.53 Å². The van der Waals surface area contributed by atoms with Gasteiger partial charge in [-0.2, -0.15) is 0 Å². The van der Waals surface area contributed by atoms with Gasteiger partial charge >= 0.3 is 5.97 Å². The number of rotatable bonds is 4. The largest absolute Gasteiger partial charge is 0.465 e. The Morgan fingerprint density at radius 1 is 1.05 bits per heavy atom. The highest BCUT2D eigenvalue weighted by atomic mass is 79.9. The van der Waals surface area contributed by atoms with Gasteiger partial charge in [-0.3, -0.25) is 4.79 Å². The van der Waals surface area contributed by atoms with Crippen LogP contribution in [0.1, 0.15) is 15.9 Å². The summed E-state index contributed by atoms with van der Waals surface area (Å²) in [7, 11) is 1.32. The van der Waals surface area contributed by atoms with Crippen molar-refractivity contribution in [2.75, 3.05) is 12.4 Å². The molecule has 2 rings (SSSR count). The summed E-state index contributed by atoms with van der Waals surface area (Å²) >= 11 is 3.26. The van der Waals surface area contributed by atoms with Crippen molar-refractivity contribution in [1.82, 2.24) is 0 Å². The molecule has 2 aromatic rings. The number of hydrogen-bond donors (Lipinski definition) is 1. The molecule has 5 heteroatoms. The number of carbonyl (C=O) groups is 2. The molecule has 0 aliphatic heterocycles. The van der Waals surface area contributed by atoms with E-state index in [1.807, 2.05) is 30.3 Å². The Morgan fingerprint density at radius 3 is 2.27 bits per heavy atom. The fourth-order valence-electron chi connectivity index (χ4n) is 1.76. The van der Waals surface area contributed by atoms with Gasteiger partial charge in [-0.05, 0) is 51.8 Å². The topological polar surface area (TPSA) is 55.4 Å². The molecule has 0 unspecified atom stereocenters. The molecule has 0 heterocycles. The summed E-state index contributed by atoms with van der Waals surface area (Å²) in [6.07, 6.45) is 1.73. The second-order valence-corrected chi connectivity index (χ2v) is 5.28. The highest BCUT2D eigenvalue weighted by Crippen LogP contribution is 2.16. The lowest BCUT2D eigenvalue weighted by Crippen LogP contribution is -2.11. The van der Waals surface area contributed by atoms with E-state index in [-0.39, 0.29) is 5.91 Å². The minimum absolute atomic E-state index is 0.269. The summed E-state index contributed by atoms with van der Waals surface area (Å²) in [6, 6.07) is 16.0. The standard InChI is InChI=1S/C17H14BrNO3/c1-22-17(21)13-7-9-14(10-8-13)19-16(20)15(18)11-12-5-3-2-4-6-12/h2-11H,1H3,(H,19,20). The summed E-state index contributed by atoms with van der Waals surface area (Å²) in [5.41, 5.74) is 1.95. The lowest BCUT2D eigenvalue weighted by molar-refractivity contribution is -0.112. The van der Waals surface area contributed by atoms with Crippen LogP contribution in [0.3, 0.4) is 0 Å². The molecule has 22 heavy (non-hydrogen) atoms. The predicted octanol–water partition coefficient (Wildman–Crippen LogP) is 3.85. The van der Waals surface area contributed by atoms with Crippen molar-refractivity contribution in [1.29, 1.82) is 0 Å². The molecule has 0 aromatic heterocycles. The summed E-state index contributed by atoms with van der Waals surface area (Å²) in [5.74, 6) is -0.683. The number of esters is 1. The monoisotopic (exact) mass is 359 g/mol. The quantitative estimate of drug-likeness (QED) is 0.666. The first kappa shape index (κ1) is 16.0. The first-order valence-corrected chi connectivity index (χ1v) is 7.31. The number of halogens is 1. The van der Waals surface area contributed by atoms with Crippen LogP contribution in [0, 0.1) is 0 Å². The lowest BCUT2D eigenvalue weighted by Gasteiger charge is -2.05. The second kappa shape index (κ2) is 7.56. The third kappa shape index (κ3) is 4.30. The van der Waals surface area contributed by atoms with Gasteiger partial charge in [-0.1, -0.05) is 30.3 Å². The molecule has 0 atom stereocenters. The summed E-state index contributed by atoms with van der Waals surface area (Å²) in [4.78, 5) is 23.4. The number of carbonyl (C=O) groups excluding carboxylic acids is 2. The van der Waals surface area contributed by atoms with E-state index < -0.39 is 5.97 Å². The van der Waals surface area contributed by atoms with E-state index in [9.17, 15) is 9.59 Å². The van der Waals surface area contributed by atoms with Gasteiger partial charge in [0.25, 0.3) is 5.91 Å². The van der Waals surface area contributed by atoms with Crippen molar-refractivity contribution in [2.45, 2.75) is 0 Å². The predicted molar refractivity (Wildman–Crippen MR) is 89.8 cm³/mol. The van der Waals surface area contributed by atoms with Crippen molar-refractivity contribution < 1.29 is 14.3 Å². The van der Waals surface area contributed by atoms with Crippen LogP contribution in [0.25, 0.3) is 6.08 Å². The molecule has 0 radical (unpaired) electrons. The van der Waals surface area contributed by atoms with Gasteiger partial charge in [0.15, 0.2) is 0 Å². The summed E-state index contributed by atoms with van der Waals surface area (Å²) < 4.78 is 5.03. The van der Waals surface area contributed by atoms with Crippen molar-refractivity contribution in [3.05, 3.63) is 70.2 Å². The highest BCUT2D eigenvalue weighted by Gasteiger charge is 2.08. The van der Waals surface area contributed by atoms with Gasteiger partial charge in [-0.25, -0.2) is 4.79 Å². The molecular formula is C17H14BrNO3. The second-order valence-electron chi connectivity index (χ2n) is 4.43. The smallest absolute Gasteiger partial charge is 0.337 e.